The number of quaternary nitrogens is 1. The minimum absolute atomic E-state index is 0.331. The summed E-state index contributed by atoms with van der Waals surface area (Å²) in [5.41, 5.74) is 0. The second kappa shape index (κ2) is 5.80. The van der Waals surface area contributed by atoms with Crippen LogP contribution in [0.2, 0.25) is 0 Å². The maximum absolute atomic E-state index is 12.2. The van der Waals surface area contributed by atoms with Gasteiger partial charge >= 0.3 is 0 Å². The standard InChI is InChI=1S/C16H20N2O2S/c1-2-13-12-18-9-8-14(13)10-15(18)11-17-21(19,20)16-6-4-3-5-7-16/h1,3-7,13-15,17H,8-12H2/p+1/t13-,14-,15+/m0/s1. The van der Waals surface area contributed by atoms with Gasteiger partial charge in [-0.15, -0.1) is 6.42 Å². The normalized spacial score (nSPS) is 31.8. The number of fused-ring (bicyclic) bond motifs is 3. The van der Waals surface area contributed by atoms with Gasteiger partial charge in [0.05, 0.1) is 30.4 Å². The lowest BCUT2D eigenvalue weighted by atomic mass is 9.76. The predicted molar refractivity (Wildman–Crippen MR) is 81.2 cm³/mol. The first-order valence-electron chi connectivity index (χ1n) is 7.45. The monoisotopic (exact) mass is 305 g/mol. The van der Waals surface area contributed by atoms with Gasteiger partial charge in [0.15, 0.2) is 0 Å². The van der Waals surface area contributed by atoms with E-state index in [1.54, 1.807) is 24.3 Å². The molecule has 4 nitrogen and oxygen atoms in total. The smallest absolute Gasteiger partial charge is 0.240 e. The van der Waals surface area contributed by atoms with Gasteiger partial charge in [0, 0.05) is 12.8 Å². The minimum atomic E-state index is -3.40. The Morgan fingerprint density at radius 1 is 1.33 bits per heavy atom. The van der Waals surface area contributed by atoms with Gasteiger partial charge < -0.3 is 4.90 Å². The third-order valence-electron chi connectivity index (χ3n) is 4.84. The van der Waals surface area contributed by atoms with Crippen molar-refractivity contribution in [3.05, 3.63) is 30.3 Å². The summed E-state index contributed by atoms with van der Waals surface area (Å²) in [6.45, 7) is 2.60. The third-order valence-corrected chi connectivity index (χ3v) is 6.28. The van der Waals surface area contributed by atoms with E-state index in [9.17, 15) is 8.42 Å². The van der Waals surface area contributed by atoms with Gasteiger partial charge in [-0.2, -0.15) is 0 Å². The van der Waals surface area contributed by atoms with Gasteiger partial charge in [0.25, 0.3) is 0 Å². The topological polar surface area (TPSA) is 50.6 Å². The maximum atomic E-state index is 12.2. The molecule has 5 heteroatoms. The Morgan fingerprint density at radius 3 is 2.71 bits per heavy atom. The van der Waals surface area contributed by atoms with Gasteiger partial charge in [-0.3, -0.25) is 0 Å². The van der Waals surface area contributed by atoms with E-state index in [0.29, 0.717) is 29.3 Å². The van der Waals surface area contributed by atoms with Crippen LogP contribution in [0.5, 0.6) is 0 Å². The van der Waals surface area contributed by atoms with Crippen LogP contribution >= 0.6 is 0 Å². The van der Waals surface area contributed by atoms with Crippen molar-refractivity contribution >= 4 is 10.0 Å². The molecule has 0 aliphatic carbocycles. The van der Waals surface area contributed by atoms with E-state index in [1.807, 2.05) is 6.07 Å². The van der Waals surface area contributed by atoms with Crippen LogP contribution in [0, 0.1) is 24.2 Å². The molecule has 0 aromatic heterocycles. The molecule has 0 spiro atoms. The van der Waals surface area contributed by atoms with Crippen LogP contribution < -0.4 is 9.62 Å². The van der Waals surface area contributed by atoms with Crippen molar-refractivity contribution in [2.75, 3.05) is 19.6 Å². The van der Waals surface area contributed by atoms with Crippen molar-refractivity contribution in [3.63, 3.8) is 0 Å². The molecule has 1 aromatic rings. The Balaban J connectivity index is 1.63. The number of rotatable bonds is 4. The molecule has 3 aliphatic heterocycles. The number of benzene rings is 1. The Hall–Kier alpha value is -1.35. The van der Waals surface area contributed by atoms with E-state index >= 15 is 0 Å². The van der Waals surface area contributed by atoms with Gasteiger partial charge in [-0.25, -0.2) is 13.1 Å². The molecule has 2 bridgehead atoms. The molecule has 1 unspecified atom stereocenters. The fourth-order valence-electron chi connectivity index (χ4n) is 3.62. The van der Waals surface area contributed by atoms with Crippen molar-refractivity contribution in [2.24, 2.45) is 11.8 Å². The zero-order chi connectivity index (χ0) is 14.9. The number of terminal acetylenes is 1. The minimum Gasteiger partial charge on any atom is -0.330 e. The zero-order valence-electron chi connectivity index (χ0n) is 12.0. The Bertz CT molecular complexity index is 636. The first kappa shape index (κ1) is 14.6. The highest BCUT2D eigenvalue weighted by Crippen LogP contribution is 2.26. The molecule has 3 fully saturated rings. The molecule has 112 valence electrons. The van der Waals surface area contributed by atoms with E-state index in [2.05, 4.69) is 10.6 Å². The highest BCUT2D eigenvalue weighted by atomic mass is 32.2. The molecule has 0 radical (unpaired) electrons. The molecular formula is C16H21N2O2S+. The summed E-state index contributed by atoms with van der Waals surface area (Å²) in [5, 5.41) is 0. The summed E-state index contributed by atoms with van der Waals surface area (Å²) in [4.78, 5) is 1.79. The first-order chi connectivity index (χ1) is 10.1. The van der Waals surface area contributed by atoms with Gasteiger partial charge in [0.2, 0.25) is 10.0 Å². The summed E-state index contributed by atoms with van der Waals surface area (Å²) in [7, 11) is -3.40. The Labute approximate surface area is 126 Å². The van der Waals surface area contributed by atoms with Crippen LogP contribution in [0.1, 0.15) is 12.8 Å². The van der Waals surface area contributed by atoms with Crippen LogP contribution in [-0.4, -0.2) is 34.1 Å². The first-order valence-corrected chi connectivity index (χ1v) is 8.94. The molecule has 2 N–H and O–H groups in total. The molecular weight excluding hydrogens is 284 g/mol. The molecule has 3 aliphatic rings. The van der Waals surface area contributed by atoms with Gasteiger partial charge in [-0.1, -0.05) is 24.1 Å². The molecule has 4 rings (SSSR count). The lowest BCUT2D eigenvalue weighted by Crippen LogP contribution is -3.20. The van der Waals surface area contributed by atoms with Crippen molar-refractivity contribution in [2.45, 2.75) is 23.8 Å². The highest BCUT2D eigenvalue weighted by Gasteiger charge is 2.42. The van der Waals surface area contributed by atoms with Crippen molar-refractivity contribution in [1.29, 1.82) is 0 Å². The van der Waals surface area contributed by atoms with Crippen molar-refractivity contribution in [3.8, 4) is 12.3 Å². The number of piperidine rings is 3. The van der Waals surface area contributed by atoms with Gasteiger partial charge in [-0.05, 0) is 18.1 Å². The van der Waals surface area contributed by atoms with E-state index in [-0.39, 0.29) is 0 Å². The second-order valence-electron chi connectivity index (χ2n) is 6.03. The second-order valence-corrected chi connectivity index (χ2v) is 7.80. The van der Waals surface area contributed by atoms with Crippen LogP contribution in [0.4, 0.5) is 0 Å². The molecule has 21 heavy (non-hydrogen) atoms. The van der Waals surface area contributed by atoms with Crippen LogP contribution in [0.3, 0.4) is 0 Å². The number of nitrogens with one attached hydrogen (secondary N) is 2. The van der Waals surface area contributed by atoms with E-state index < -0.39 is 10.0 Å². The molecule has 0 amide bonds. The van der Waals surface area contributed by atoms with Crippen LogP contribution in [0.15, 0.2) is 35.2 Å². The maximum Gasteiger partial charge on any atom is 0.240 e. The highest BCUT2D eigenvalue weighted by molar-refractivity contribution is 7.89. The number of hydrogen-bond donors (Lipinski definition) is 2. The number of sulfonamides is 1. The van der Waals surface area contributed by atoms with Crippen LogP contribution in [0.25, 0.3) is 0 Å². The summed E-state index contributed by atoms with van der Waals surface area (Å²) in [6.07, 6.45) is 7.78. The SMILES string of the molecule is C#C[C@H]1C[NH+]2CC[C@H]1C[C@@H]2CNS(=O)(=O)c1ccccc1. The van der Waals surface area contributed by atoms with E-state index in [4.69, 9.17) is 6.42 Å². The lowest BCUT2D eigenvalue weighted by molar-refractivity contribution is -0.943. The van der Waals surface area contributed by atoms with Crippen LogP contribution in [-0.2, 0) is 10.0 Å². The zero-order valence-corrected chi connectivity index (χ0v) is 12.8. The molecule has 3 saturated heterocycles. The summed E-state index contributed by atoms with van der Waals surface area (Å²) in [6, 6.07) is 8.89. The average molecular weight is 305 g/mol. The summed E-state index contributed by atoms with van der Waals surface area (Å²) in [5.74, 6) is 3.83. The number of hydrogen-bond acceptors (Lipinski definition) is 2. The van der Waals surface area contributed by atoms with Gasteiger partial charge in [0.1, 0.15) is 6.04 Å². The summed E-state index contributed by atoms with van der Waals surface area (Å²) >= 11 is 0. The fraction of sp³-hybridized carbons (Fsp3) is 0.500. The summed E-state index contributed by atoms with van der Waals surface area (Å²) < 4.78 is 27.3. The molecule has 4 atom stereocenters. The quantitative estimate of drug-likeness (QED) is 0.763. The largest absolute Gasteiger partial charge is 0.330 e. The Kier molecular flexibility index (Phi) is 4.03. The Morgan fingerprint density at radius 2 is 2.10 bits per heavy atom. The van der Waals surface area contributed by atoms with E-state index in [1.165, 1.54) is 11.3 Å². The lowest BCUT2D eigenvalue weighted by Gasteiger charge is -2.45. The van der Waals surface area contributed by atoms with Crippen molar-refractivity contribution in [1.82, 2.24) is 4.72 Å². The fourth-order valence-corrected chi connectivity index (χ4v) is 4.73. The molecule has 0 saturated carbocycles. The molecule has 1 aromatic carbocycles. The molecule has 3 heterocycles. The third kappa shape index (κ3) is 2.98. The average Bonchev–Trinajstić information content (AvgIpc) is 2.54. The van der Waals surface area contributed by atoms with E-state index in [0.717, 1.165) is 19.5 Å². The van der Waals surface area contributed by atoms with Crippen molar-refractivity contribution < 1.29 is 13.3 Å². The predicted octanol–water partition coefficient (Wildman–Crippen LogP) is -0.109.